The standard InChI is InChI=1S/C30H27ClFN5O2/c1-35-28(37-12-11-27(38)34-30(37)39)15-33-29(35)21-9-10-22-17-36(18-23(22)14-21)16-20-7-5-19(6-8-20)13-24-25(31)3-2-4-26(24)32/h2-10,14-15H,11-13,16-18H2,1H3,(H,34,38,39). The molecule has 7 nitrogen and oxygen atoms in total. The molecule has 6 rings (SSSR count). The topological polar surface area (TPSA) is 70.5 Å². The Morgan fingerprint density at radius 3 is 2.54 bits per heavy atom. The van der Waals surface area contributed by atoms with Gasteiger partial charge in [-0.2, -0.15) is 0 Å². The number of fused-ring (bicyclic) bond motifs is 1. The molecule has 0 unspecified atom stereocenters. The van der Waals surface area contributed by atoms with Gasteiger partial charge in [-0.25, -0.2) is 14.2 Å². The second kappa shape index (κ2) is 10.3. The molecule has 0 bridgehead atoms. The molecule has 2 aliphatic rings. The normalized spacial score (nSPS) is 15.5. The number of carbonyl (C=O) groups excluding carboxylic acids is 2. The molecule has 4 aromatic rings. The number of rotatable bonds is 6. The molecule has 0 radical (unpaired) electrons. The van der Waals surface area contributed by atoms with Crippen molar-refractivity contribution in [3.63, 3.8) is 0 Å². The van der Waals surface area contributed by atoms with Gasteiger partial charge in [-0.05, 0) is 40.5 Å². The van der Waals surface area contributed by atoms with E-state index < -0.39 is 6.03 Å². The lowest BCUT2D eigenvalue weighted by molar-refractivity contribution is -0.120. The molecule has 1 aromatic heterocycles. The predicted octanol–water partition coefficient (Wildman–Crippen LogP) is 5.43. The second-order valence-electron chi connectivity index (χ2n) is 10.1. The first kappa shape index (κ1) is 25.3. The molecule has 0 atom stereocenters. The van der Waals surface area contributed by atoms with Crippen molar-refractivity contribution in [1.29, 1.82) is 0 Å². The molecule has 1 N–H and O–H groups in total. The summed E-state index contributed by atoms with van der Waals surface area (Å²) in [7, 11) is 1.88. The van der Waals surface area contributed by atoms with E-state index >= 15 is 0 Å². The van der Waals surface area contributed by atoms with E-state index in [4.69, 9.17) is 11.6 Å². The molecular weight excluding hydrogens is 517 g/mol. The smallest absolute Gasteiger partial charge is 0.314 e. The number of anilines is 1. The van der Waals surface area contributed by atoms with Gasteiger partial charge < -0.3 is 4.57 Å². The first-order valence-corrected chi connectivity index (χ1v) is 13.2. The highest BCUT2D eigenvalue weighted by molar-refractivity contribution is 6.31. The van der Waals surface area contributed by atoms with Crippen LogP contribution >= 0.6 is 11.6 Å². The van der Waals surface area contributed by atoms with Crippen molar-refractivity contribution < 1.29 is 14.0 Å². The van der Waals surface area contributed by atoms with E-state index in [1.165, 1.54) is 22.8 Å². The van der Waals surface area contributed by atoms with Gasteiger partial charge in [-0.15, -0.1) is 0 Å². The summed E-state index contributed by atoms with van der Waals surface area (Å²) in [5, 5.41) is 2.81. The van der Waals surface area contributed by atoms with Crippen LogP contribution in [0, 0.1) is 5.82 Å². The van der Waals surface area contributed by atoms with Crippen LogP contribution in [-0.4, -0.2) is 32.9 Å². The minimum Gasteiger partial charge on any atom is -0.314 e. The fourth-order valence-electron chi connectivity index (χ4n) is 5.34. The predicted molar refractivity (Wildman–Crippen MR) is 148 cm³/mol. The summed E-state index contributed by atoms with van der Waals surface area (Å²) in [4.78, 5) is 32.3. The van der Waals surface area contributed by atoms with Gasteiger partial charge in [0, 0.05) is 62.2 Å². The third kappa shape index (κ3) is 5.05. The summed E-state index contributed by atoms with van der Waals surface area (Å²) in [6.45, 7) is 2.82. The average Bonchev–Trinajstić information content (AvgIpc) is 3.49. The minimum atomic E-state index is -0.422. The quantitative estimate of drug-likeness (QED) is 0.352. The van der Waals surface area contributed by atoms with E-state index in [1.54, 1.807) is 23.2 Å². The van der Waals surface area contributed by atoms with E-state index in [0.717, 1.165) is 36.6 Å². The van der Waals surface area contributed by atoms with Crippen LogP contribution in [0.1, 0.15) is 34.2 Å². The van der Waals surface area contributed by atoms with Gasteiger partial charge in [-0.3, -0.25) is 19.9 Å². The highest BCUT2D eigenvalue weighted by atomic mass is 35.5. The van der Waals surface area contributed by atoms with Crippen molar-refractivity contribution in [2.24, 2.45) is 7.05 Å². The van der Waals surface area contributed by atoms with Gasteiger partial charge in [-0.1, -0.05) is 54.1 Å². The van der Waals surface area contributed by atoms with Gasteiger partial charge >= 0.3 is 6.03 Å². The summed E-state index contributed by atoms with van der Waals surface area (Å²) < 4.78 is 16.1. The summed E-state index contributed by atoms with van der Waals surface area (Å²) in [6, 6.07) is 19.0. The van der Waals surface area contributed by atoms with Crippen LogP contribution in [0.15, 0.2) is 66.9 Å². The monoisotopic (exact) mass is 543 g/mol. The summed E-state index contributed by atoms with van der Waals surface area (Å²) >= 11 is 6.19. The molecule has 1 saturated heterocycles. The fourth-order valence-corrected chi connectivity index (χ4v) is 5.57. The third-order valence-corrected chi connectivity index (χ3v) is 7.77. The Hall–Kier alpha value is -4.01. The molecule has 2 aliphatic heterocycles. The Bertz CT molecular complexity index is 1560. The lowest BCUT2D eigenvalue weighted by Gasteiger charge is -2.26. The zero-order chi connectivity index (χ0) is 27.1. The lowest BCUT2D eigenvalue weighted by Crippen LogP contribution is -2.50. The Morgan fingerprint density at radius 2 is 1.77 bits per heavy atom. The molecule has 0 saturated carbocycles. The van der Waals surface area contributed by atoms with Crippen molar-refractivity contribution in [2.45, 2.75) is 32.5 Å². The summed E-state index contributed by atoms with van der Waals surface area (Å²) in [5.74, 6) is 0.876. The number of urea groups is 1. The van der Waals surface area contributed by atoms with Crippen LogP contribution in [0.4, 0.5) is 15.0 Å². The van der Waals surface area contributed by atoms with E-state index in [-0.39, 0.29) is 18.1 Å². The molecule has 0 aliphatic carbocycles. The Kier molecular flexibility index (Phi) is 6.66. The van der Waals surface area contributed by atoms with Crippen LogP contribution in [0.2, 0.25) is 5.02 Å². The van der Waals surface area contributed by atoms with Crippen molar-refractivity contribution >= 4 is 29.4 Å². The van der Waals surface area contributed by atoms with Gasteiger partial charge in [0.2, 0.25) is 5.91 Å². The van der Waals surface area contributed by atoms with Gasteiger partial charge in [0.25, 0.3) is 0 Å². The number of imide groups is 1. The van der Waals surface area contributed by atoms with Gasteiger partial charge in [0.1, 0.15) is 17.5 Å². The van der Waals surface area contributed by atoms with Crippen LogP contribution in [0.3, 0.4) is 0 Å². The first-order valence-electron chi connectivity index (χ1n) is 12.8. The van der Waals surface area contributed by atoms with Crippen LogP contribution in [-0.2, 0) is 37.9 Å². The molecule has 3 heterocycles. The van der Waals surface area contributed by atoms with E-state index in [1.807, 2.05) is 23.7 Å². The number of amides is 3. The minimum absolute atomic E-state index is 0.259. The van der Waals surface area contributed by atoms with Gasteiger partial charge in [0.15, 0.2) is 0 Å². The maximum absolute atomic E-state index is 14.2. The third-order valence-electron chi connectivity index (χ3n) is 7.42. The molecule has 39 heavy (non-hydrogen) atoms. The number of imidazole rings is 1. The van der Waals surface area contributed by atoms with Crippen molar-refractivity contribution in [1.82, 2.24) is 19.8 Å². The zero-order valence-corrected chi connectivity index (χ0v) is 22.2. The molecule has 9 heteroatoms. The molecule has 3 amide bonds. The highest BCUT2D eigenvalue weighted by Gasteiger charge is 2.27. The number of hydrogen-bond donors (Lipinski definition) is 1. The largest absolute Gasteiger partial charge is 0.329 e. The fraction of sp³-hybridized carbons (Fsp3) is 0.233. The van der Waals surface area contributed by atoms with Crippen LogP contribution in [0.25, 0.3) is 11.4 Å². The number of nitrogens with zero attached hydrogens (tertiary/aromatic N) is 4. The molecular formula is C30H27ClFN5O2. The Labute approximate surface area is 230 Å². The number of benzene rings is 3. The van der Waals surface area contributed by atoms with Gasteiger partial charge in [0.05, 0.1) is 6.20 Å². The highest BCUT2D eigenvalue weighted by Crippen LogP contribution is 2.31. The molecule has 3 aromatic carbocycles. The van der Waals surface area contributed by atoms with Crippen LogP contribution < -0.4 is 10.2 Å². The van der Waals surface area contributed by atoms with Crippen molar-refractivity contribution in [2.75, 3.05) is 11.4 Å². The lowest BCUT2D eigenvalue weighted by atomic mass is 10.0. The maximum atomic E-state index is 14.2. The number of aromatic nitrogens is 2. The first-order chi connectivity index (χ1) is 18.9. The van der Waals surface area contributed by atoms with Crippen LogP contribution in [0.5, 0.6) is 0 Å². The molecule has 198 valence electrons. The second-order valence-corrected chi connectivity index (χ2v) is 10.5. The molecule has 1 fully saturated rings. The van der Waals surface area contributed by atoms with E-state index in [9.17, 15) is 14.0 Å². The summed E-state index contributed by atoms with van der Waals surface area (Å²) in [5.41, 5.74) is 6.25. The van der Waals surface area contributed by atoms with E-state index in [0.29, 0.717) is 29.4 Å². The number of nitrogens with one attached hydrogen (secondary N) is 1. The van der Waals surface area contributed by atoms with Crippen molar-refractivity contribution in [3.05, 3.63) is 106 Å². The average molecular weight is 544 g/mol. The maximum Gasteiger partial charge on any atom is 0.329 e. The number of halogens is 2. The molecule has 0 spiro atoms. The zero-order valence-electron chi connectivity index (χ0n) is 21.5. The summed E-state index contributed by atoms with van der Waals surface area (Å²) in [6.07, 6.45) is 2.40. The van der Waals surface area contributed by atoms with Crippen molar-refractivity contribution in [3.8, 4) is 11.4 Å². The van der Waals surface area contributed by atoms with E-state index in [2.05, 4.69) is 45.5 Å². The number of hydrogen-bond acceptors (Lipinski definition) is 4. The SMILES string of the molecule is Cn1c(N2CCC(=O)NC2=O)cnc1-c1ccc2c(c1)CN(Cc1ccc(Cc3c(F)cccc3Cl)cc1)C2. The number of carbonyl (C=O) groups is 2. The Balaban J connectivity index is 1.12. The Morgan fingerprint density at radius 1 is 1.00 bits per heavy atom.